The van der Waals surface area contributed by atoms with Crippen molar-refractivity contribution in [3.05, 3.63) is 41.6 Å². The van der Waals surface area contributed by atoms with Crippen LogP contribution in [0.25, 0.3) is 11.3 Å². The number of aliphatic hydroxyl groups is 1. The van der Waals surface area contributed by atoms with Gasteiger partial charge in [0, 0.05) is 25.4 Å². The van der Waals surface area contributed by atoms with E-state index in [-0.39, 0.29) is 6.61 Å². The molecule has 0 spiro atoms. The number of benzene rings is 1. The van der Waals surface area contributed by atoms with E-state index in [9.17, 15) is 5.11 Å². The van der Waals surface area contributed by atoms with E-state index in [4.69, 9.17) is 0 Å². The molecule has 0 fully saturated rings. The summed E-state index contributed by atoms with van der Waals surface area (Å²) >= 11 is 0. The van der Waals surface area contributed by atoms with Crippen molar-refractivity contribution in [1.82, 2.24) is 14.7 Å². The van der Waals surface area contributed by atoms with E-state index in [1.807, 2.05) is 31.9 Å². The number of nitrogens with zero attached hydrogens (tertiary/aromatic N) is 3. The first-order chi connectivity index (χ1) is 8.61. The molecule has 0 saturated heterocycles. The second kappa shape index (κ2) is 5.33. The fourth-order valence-electron chi connectivity index (χ4n) is 2.13. The molecule has 0 bridgehead atoms. The predicted octanol–water partition coefficient (Wildman–Crippen LogP) is 1.64. The van der Waals surface area contributed by atoms with Crippen molar-refractivity contribution in [3.63, 3.8) is 0 Å². The third-order valence-electron chi connectivity index (χ3n) is 2.94. The summed E-state index contributed by atoms with van der Waals surface area (Å²) in [6.07, 6.45) is 1.77. The van der Waals surface area contributed by atoms with Gasteiger partial charge >= 0.3 is 0 Å². The summed E-state index contributed by atoms with van der Waals surface area (Å²) < 4.78 is 1.82. The number of rotatable bonds is 4. The molecule has 0 amide bonds. The van der Waals surface area contributed by atoms with Crippen LogP contribution in [0.15, 0.2) is 30.5 Å². The van der Waals surface area contributed by atoms with E-state index in [1.165, 1.54) is 5.56 Å². The van der Waals surface area contributed by atoms with Crippen LogP contribution in [0.3, 0.4) is 0 Å². The molecule has 96 valence electrons. The largest absolute Gasteiger partial charge is 0.392 e. The lowest BCUT2D eigenvalue weighted by molar-refractivity contribution is 0.282. The fraction of sp³-hybridized carbons (Fsp3) is 0.357. The van der Waals surface area contributed by atoms with E-state index >= 15 is 0 Å². The van der Waals surface area contributed by atoms with E-state index in [1.54, 1.807) is 6.20 Å². The van der Waals surface area contributed by atoms with E-state index in [0.29, 0.717) is 0 Å². The van der Waals surface area contributed by atoms with Crippen LogP contribution >= 0.6 is 0 Å². The Morgan fingerprint density at radius 1 is 1.28 bits per heavy atom. The van der Waals surface area contributed by atoms with Crippen molar-refractivity contribution in [2.75, 3.05) is 14.1 Å². The summed E-state index contributed by atoms with van der Waals surface area (Å²) in [7, 11) is 5.98. The molecular weight excluding hydrogens is 226 g/mol. The van der Waals surface area contributed by atoms with Crippen molar-refractivity contribution in [1.29, 1.82) is 0 Å². The fourth-order valence-corrected chi connectivity index (χ4v) is 2.13. The normalized spacial score (nSPS) is 11.2. The van der Waals surface area contributed by atoms with Gasteiger partial charge in [0.25, 0.3) is 0 Å². The number of aliphatic hydroxyl groups excluding tert-OH is 1. The molecule has 0 aliphatic heterocycles. The summed E-state index contributed by atoms with van der Waals surface area (Å²) in [5, 5.41) is 13.7. The van der Waals surface area contributed by atoms with Gasteiger partial charge in [0.2, 0.25) is 0 Å². The van der Waals surface area contributed by atoms with Crippen molar-refractivity contribution in [2.24, 2.45) is 7.05 Å². The molecule has 18 heavy (non-hydrogen) atoms. The van der Waals surface area contributed by atoms with E-state index < -0.39 is 0 Å². The first kappa shape index (κ1) is 12.8. The molecule has 1 aromatic carbocycles. The topological polar surface area (TPSA) is 41.3 Å². The van der Waals surface area contributed by atoms with Crippen LogP contribution in [-0.2, 0) is 20.2 Å². The Morgan fingerprint density at radius 2 is 2.06 bits per heavy atom. The molecule has 4 heteroatoms. The minimum atomic E-state index is 0.0434. The molecule has 2 aromatic rings. The first-order valence-electron chi connectivity index (χ1n) is 5.97. The Hall–Kier alpha value is -1.65. The van der Waals surface area contributed by atoms with Gasteiger partial charge in [-0.1, -0.05) is 18.2 Å². The molecule has 1 N–H and O–H groups in total. The zero-order chi connectivity index (χ0) is 13.1. The molecule has 0 saturated carbocycles. The average molecular weight is 245 g/mol. The Balaban J connectivity index is 2.41. The minimum absolute atomic E-state index is 0.0434. The molecule has 1 heterocycles. The number of aryl methyl sites for hydroxylation is 1. The molecule has 2 rings (SSSR count). The third kappa shape index (κ3) is 2.60. The van der Waals surface area contributed by atoms with Gasteiger partial charge in [0.1, 0.15) is 0 Å². The van der Waals surface area contributed by atoms with Gasteiger partial charge < -0.3 is 10.0 Å². The monoisotopic (exact) mass is 245 g/mol. The van der Waals surface area contributed by atoms with Crippen LogP contribution in [-0.4, -0.2) is 33.9 Å². The highest BCUT2D eigenvalue weighted by Crippen LogP contribution is 2.24. The Labute approximate surface area is 107 Å². The maximum atomic E-state index is 9.52. The van der Waals surface area contributed by atoms with Crippen LogP contribution in [0.2, 0.25) is 0 Å². The van der Waals surface area contributed by atoms with Crippen LogP contribution in [0.1, 0.15) is 11.1 Å². The zero-order valence-corrected chi connectivity index (χ0v) is 11.1. The standard InChI is InChI=1S/C14H19N3O/c1-16(2)9-11-4-5-13(12(8-11)10-18)14-6-7-15-17(14)3/h4-8,18H,9-10H2,1-3H3. The summed E-state index contributed by atoms with van der Waals surface area (Å²) in [6.45, 7) is 0.917. The van der Waals surface area contributed by atoms with Crippen molar-refractivity contribution in [2.45, 2.75) is 13.2 Å². The maximum absolute atomic E-state index is 9.52. The van der Waals surface area contributed by atoms with Crippen LogP contribution < -0.4 is 0 Å². The van der Waals surface area contributed by atoms with Crippen LogP contribution in [0.5, 0.6) is 0 Å². The second-order valence-corrected chi connectivity index (χ2v) is 4.73. The van der Waals surface area contributed by atoms with E-state index in [2.05, 4.69) is 28.2 Å². The quantitative estimate of drug-likeness (QED) is 0.890. The Bertz CT molecular complexity index is 532. The molecule has 4 nitrogen and oxygen atoms in total. The number of aromatic nitrogens is 2. The van der Waals surface area contributed by atoms with Gasteiger partial charge in [-0.05, 0) is 31.3 Å². The minimum Gasteiger partial charge on any atom is -0.392 e. The highest BCUT2D eigenvalue weighted by Gasteiger charge is 2.09. The molecule has 0 aliphatic rings. The molecule has 1 aromatic heterocycles. The molecular formula is C14H19N3O. The summed E-state index contributed by atoms with van der Waals surface area (Å²) in [5.74, 6) is 0. The van der Waals surface area contributed by atoms with Gasteiger partial charge in [-0.25, -0.2) is 0 Å². The SMILES string of the molecule is CN(C)Cc1ccc(-c2ccnn2C)c(CO)c1. The van der Waals surface area contributed by atoms with Crippen molar-refractivity contribution < 1.29 is 5.11 Å². The summed E-state index contributed by atoms with van der Waals surface area (Å²) in [5.41, 5.74) is 4.21. The average Bonchev–Trinajstić information content (AvgIpc) is 2.74. The lowest BCUT2D eigenvalue weighted by Gasteiger charge is -2.13. The Kier molecular flexibility index (Phi) is 3.79. The van der Waals surface area contributed by atoms with Gasteiger partial charge in [-0.2, -0.15) is 5.10 Å². The molecule has 0 aliphatic carbocycles. The van der Waals surface area contributed by atoms with Crippen molar-refractivity contribution >= 4 is 0 Å². The zero-order valence-electron chi connectivity index (χ0n) is 11.1. The smallest absolute Gasteiger partial charge is 0.0688 e. The summed E-state index contributed by atoms with van der Waals surface area (Å²) in [6, 6.07) is 8.17. The lowest BCUT2D eigenvalue weighted by Crippen LogP contribution is -2.11. The molecule has 0 radical (unpaired) electrons. The Morgan fingerprint density at radius 3 is 2.61 bits per heavy atom. The molecule has 0 unspecified atom stereocenters. The molecule has 0 atom stereocenters. The highest BCUT2D eigenvalue weighted by molar-refractivity contribution is 5.64. The van der Waals surface area contributed by atoms with Crippen LogP contribution in [0, 0.1) is 0 Å². The van der Waals surface area contributed by atoms with Crippen molar-refractivity contribution in [3.8, 4) is 11.3 Å². The van der Waals surface area contributed by atoms with E-state index in [0.717, 1.165) is 23.4 Å². The van der Waals surface area contributed by atoms with Crippen LogP contribution in [0.4, 0.5) is 0 Å². The lowest BCUT2D eigenvalue weighted by atomic mass is 10.0. The number of hydrogen-bond acceptors (Lipinski definition) is 3. The maximum Gasteiger partial charge on any atom is 0.0688 e. The highest BCUT2D eigenvalue weighted by atomic mass is 16.3. The van der Waals surface area contributed by atoms with Gasteiger partial charge in [-0.3, -0.25) is 4.68 Å². The third-order valence-corrected chi connectivity index (χ3v) is 2.94. The van der Waals surface area contributed by atoms with Gasteiger partial charge in [0.05, 0.1) is 12.3 Å². The summed E-state index contributed by atoms with van der Waals surface area (Å²) in [4.78, 5) is 2.11. The van der Waals surface area contributed by atoms with Gasteiger partial charge in [0.15, 0.2) is 0 Å². The second-order valence-electron chi connectivity index (χ2n) is 4.73. The predicted molar refractivity (Wildman–Crippen MR) is 72.0 cm³/mol. The number of hydrogen-bond donors (Lipinski definition) is 1. The first-order valence-corrected chi connectivity index (χ1v) is 5.97. The van der Waals surface area contributed by atoms with Gasteiger partial charge in [-0.15, -0.1) is 0 Å².